The van der Waals surface area contributed by atoms with Crippen molar-refractivity contribution in [1.29, 1.82) is 5.26 Å². The van der Waals surface area contributed by atoms with E-state index in [0.717, 1.165) is 28.2 Å². The predicted octanol–water partition coefficient (Wildman–Crippen LogP) is 5.09. The number of aromatic nitrogens is 1. The molecule has 1 aromatic heterocycles. The summed E-state index contributed by atoms with van der Waals surface area (Å²) in [7, 11) is 0. The average molecular weight is 373 g/mol. The largest absolute Gasteiger partial charge is 0.321 e. The molecule has 0 bridgehead atoms. The summed E-state index contributed by atoms with van der Waals surface area (Å²) in [5, 5.41) is 12.2. The van der Waals surface area contributed by atoms with Gasteiger partial charge >= 0.3 is 0 Å². The van der Waals surface area contributed by atoms with Crippen LogP contribution in [0.1, 0.15) is 22.5 Å². The maximum atomic E-state index is 13.2. The van der Waals surface area contributed by atoms with Gasteiger partial charge in [-0.25, -0.2) is 4.39 Å². The van der Waals surface area contributed by atoms with Crippen molar-refractivity contribution in [3.63, 3.8) is 0 Å². The zero-order valence-electron chi connectivity index (χ0n) is 16.0. The van der Waals surface area contributed by atoms with Gasteiger partial charge in [0.05, 0.1) is 0 Å². The number of nitrogens with one attached hydrogen (secondary N) is 1. The van der Waals surface area contributed by atoms with E-state index in [1.54, 1.807) is 24.3 Å². The van der Waals surface area contributed by atoms with Gasteiger partial charge in [-0.15, -0.1) is 0 Å². The van der Waals surface area contributed by atoms with Crippen molar-refractivity contribution in [2.75, 3.05) is 5.32 Å². The van der Waals surface area contributed by atoms with E-state index >= 15 is 0 Å². The zero-order valence-corrected chi connectivity index (χ0v) is 16.0. The van der Waals surface area contributed by atoms with Crippen molar-refractivity contribution < 1.29 is 9.18 Å². The number of hydrogen-bond donors (Lipinski definition) is 1. The molecule has 0 fully saturated rings. The molecule has 0 aliphatic rings. The predicted molar refractivity (Wildman–Crippen MR) is 109 cm³/mol. The monoisotopic (exact) mass is 373 g/mol. The van der Waals surface area contributed by atoms with Crippen LogP contribution in [0.5, 0.6) is 0 Å². The summed E-state index contributed by atoms with van der Waals surface area (Å²) in [6.45, 7) is 5.75. The van der Waals surface area contributed by atoms with E-state index in [9.17, 15) is 14.4 Å². The van der Waals surface area contributed by atoms with E-state index in [1.165, 1.54) is 12.1 Å². The van der Waals surface area contributed by atoms with Crippen molar-refractivity contribution >= 4 is 17.7 Å². The number of carbonyl (C=O) groups is 1. The molecule has 2 aromatic carbocycles. The molecule has 0 aliphatic carbocycles. The number of hydrogen-bond acceptors (Lipinski definition) is 2. The molecule has 140 valence electrons. The van der Waals surface area contributed by atoms with E-state index < -0.39 is 5.91 Å². The Morgan fingerprint density at radius 3 is 2.46 bits per heavy atom. The summed E-state index contributed by atoms with van der Waals surface area (Å²) < 4.78 is 15.2. The third-order valence-corrected chi connectivity index (χ3v) is 4.50. The van der Waals surface area contributed by atoms with Gasteiger partial charge in [-0.3, -0.25) is 4.79 Å². The standard InChI is InChI=1S/C23H20FN3O/c1-15-5-4-6-21(11-15)26-23(28)19(14-25)13-18-12-16(2)27(17(18)3)22-9-7-20(24)8-10-22/h4-13H,1-3H3,(H,26,28). The number of amides is 1. The first-order chi connectivity index (χ1) is 13.4. The summed E-state index contributed by atoms with van der Waals surface area (Å²) in [6, 6.07) is 17.5. The SMILES string of the molecule is Cc1cccc(NC(=O)C(C#N)=Cc2cc(C)n(-c3ccc(F)cc3)c2C)c1. The molecule has 4 nitrogen and oxygen atoms in total. The number of benzene rings is 2. The van der Waals surface area contributed by atoms with Crippen LogP contribution in [0.25, 0.3) is 11.8 Å². The number of aryl methyl sites for hydroxylation is 2. The number of nitriles is 1. The Morgan fingerprint density at radius 2 is 1.82 bits per heavy atom. The van der Waals surface area contributed by atoms with Gasteiger partial charge in [-0.2, -0.15) is 5.26 Å². The molecular weight excluding hydrogens is 353 g/mol. The summed E-state index contributed by atoms with van der Waals surface area (Å²) in [4.78, 5) is 12.5. The average Bonchev–Trinajstić information content (AvgIpc) is 2.94. The number of anilines is 1. The lowest BCUT2D eigenvalue weighted by Crippen LogP contribution is -2.13. The molecule has 3 aromatic rings. The molecule has 0 unspecified atom stereocenters. The van der Waals surface area contributed by atoms with Crippen LogP contribution >= 0.6 is 0 Å². The van der Waals surface area contributed by atoms with Crippen LogP contribution in [0.4, 0.5) is 10.1 Å². The van der Waals surface area contributed by atoms with Gasteiger partial charge in [0.1, 0.15) is 17.5 Å². The Balaban J connectivity index is 1.93. The maximum Gasteiger partial charge on any atom is 0.266 e. The number of nitrogens with zero attached hydrogens (tertiary/aromatic N) is 2. The molecular formula is C23H20FN3O. The normalized spacial score (nSPS) is 11.2. The molecule has 0 atom stereocenters. The lowest BCUT2D eigenvalue weighted by Gasteiger charge is -2.09. The van der Waals surface area contributed by atoms with Gasteiger partial charge < -0.3 is 9.88 Å². The van der Waals surface area contributed by atoms with Crippen LogP contribution in [-0.2, 0) is 4.79 Å². The molecule has 0 radical (unpaired) electrons. The minimum absolute atomic E-state index is 0.0147. The molecule has 1 heterocycles. The fourth-order valence-electron chi connectivity index (χ4n) is 3.15. The van der Waals surface area contributed by atoms with Crippen LogP contribution < -0.4 is 5.32 Å². The minimum Gasteiger partial charge on any atom is -0.321 e. The highest BCUT2D eigenvalue weighted by Gasteiger charge is 2.14. The second-order valence-electron chi connectivity index (χ2n) is 6.63. The molecule has 3 rings (SSSR count). The van der Waals surface area contributed by atoms with Crippen LogP contribution in [-0.4, -0.2) is 10.5 Å². The molecule has 1 N–H and O–H groups in total. The molecule has 5 heteroatoms. The third-order valence-electron chi connectivity index (χ3n) is 4.50. The zero-order chi connectivity index (χ0) is 20.3. The van der Waals surface area contributed by atoms with Gasteiger partial charge in [0, 0.05) is 22.8 Å². The number of carbonyl (C=O) groups excluding carboxylic acids is 1. The maximum absolute atomic E-state index is 13.2. The summed E-state index contributed by atoms with van der Waals surface area (Å²) in [6.07, 6.45) is 1.58. The van der Waals surface area contributed by atoms with Gasteiger partial charge in [-0.05, 0) is 80.4 Å². The van der Waals surface area contributed by atoms with Gasteiger partial charge in [0.2, 0.25) is 0 Å². The lowest BCUT2D eigenvalue weighted by atomic mass is 10.1. The Kier molecular flexibility index (Phi) is 5.42. The Hall–Kier alpha value is -3.65. The van der Waals surface area contributed by atoms with E-state index in [-0.39, 0.29) is 11.4 Å². The second-order valence-corrected chi connectivity index (χ2v) is 6.63. The summed E-state index contributed by atoms with van der Waals surface area (Å²) >= 11 is 0. The van der Waals surface area contributed by atoms with Crippen molar-refractivity contribution in [3.8, 4) is 11.8 Å². The molecule has 0 saturated heterocycles. The van der Waals surface area contributed by atoms with Crippen molar-refractivity contribution in [2.45, 2.75) is 20.8 Å². The highest BCUT2D eigenvalue weighted by molar-refractivity contribution is 6.09. The Morgan fingerprint density at radius 1 is 1.11 bits per heavy atom. The summed E-state index contributed by atoms with van der Waals surface area (Å²) in [5.74, 6) is -0.759. The second kappa shape index (κ2) is 7.93. The molecule has 0 aliphatic heterocycles. The van der Waals surface area contributed by atoms with E-state index in [4.69, 9.17) is 0 Å². The summed E-state index contributed by atoms with van der Waals surface area (Å²) in [5.41, 5.74) is 5.04. The van der Waals surface area contributed by atoms with Crippen LogP contribution in [0, 0.1) is 37.9 Å². The smallest absolute Gasteiger partial charge is 0.266 e. The quantitative estimate of drug-likeness (QED) is 0.512. The molecule has 0 saturated carbocycles. The molecule has 28 heavy (non-hydrogen) atoms. The van der Waals surface area contributed by atoms with Gasteiger partial charge in [-0.1, -0.05) is 12.1 Å². The van der Waals surface area contributed by atoms with Crippen LogP contribution in [0.3, 0.4) is 0 Å². The van der Waals surface area contributed by atoms with E-state index in [0.29, 0.717) is 5.69 Å². The van der Waals surface area contributed by atoms with Crippen LogP contribution in [0.15, 0.2) is 60.2 Å². The van der Waals surface area contributed by atoms with Gasteiger partial charge in [0.15, 0.2) is 0 Å². The third kappa shape index (κ3) is 4.02. The Bertz CT molecular complexity index is 1100. The lowest BCUT2D eigenvalue weighted by molar-refractivity contribution is -0.112. The minimum atomic E-state index is -0.459. The topological polar surface area (TPSA) is 57.8 Å². The van der Waals surface area contributed by atoms with E-state index in [2.05, 4.69) is 5.32 Å². The van der Waals surface area contributed by atoms with Crippen molar-refractivity contribution in [3.05, 3.63) is 88.5 Å². The van der Waals surface area contributed by atoms with Crippen molar-refractivity contribution in [1.82, 2.24) is 4.57 Å². The Labute approximate surface area is 163 Å². The number of rotatable bonds is 4. The molecule has 1 amide bonds. The molecule has 0 spiro atoms. The fourth-order valence-corrected chi connectivity index (χ4v) is 3.15. The first-order valence-electron chi connectivity index (χ1n) is 8.83. The highest BCUT2D eigenvalue weighted by atomic mass is 19.1. The van der Waals surface area contributed by atoms with Crippen LogP contribution in [0.2, 0.25) is 0 Å². The fraction of sp³-hybridized carbons (Fsp3) is 0.130. The highest BCUT2D eigenvalue weighted by Crippen LogP contribution is 2.23. The van der Waals surface area contributed by atoms with Gasteiger partial charge in [0.25, 0.3) is 5.91 Å². The van der Waals surface area contributed by atoms with E-state index in [1.807, 2.05) is 55.7 Å². The first-order valence-corrected chi connectivity index (χ1v) is 8.83. The first kappa shape index (κ1) is 19.1. The number of halogens is 1. The van der Waals surface area contributed by atoms with Crippen molar-refractivity contribution in [2.24, 2.45) is 0 Å².